The number of azo groups is 1. The zero-order valence-electron chi connectivity index (χ0n) is 20.2. The van der Waals surface area contributed by atoms with E-state index in [1.54, 1.807) is 0 Å². The fourth-order valence-electron chi connectivity index (χ4n) is 4.70. The predicted molar refractivity (Wildman–Crippen MR) is 142 cm³/mol. The minimum atomic E-state index is -0.509. The Morgan fingerprint density at radius 1 is 1.11 bits per heavy atom. The maximum atomic E-state index is 12.2. The molecule has 9 nitrogen and oxygen atoms in total. The number of oxazole rings is 1. The minimum absolute atomic E-state index is 0.176. The van der Waals surface area contributed by atoms with E-state index in [-0.39, 0.29) is 11.7 Å². The molecule has 37 heavy (non-hydrogen) atoms. The second-order valence-electron chi connectivity index (χ2n) is 8.96. The van der Waals surface area contributed by atoms with Gasteiger partial charge in [0.1, 0.15) is 5.70 Å². The van der Waals surface area contributed by atoms with Gasteiger partial charge in [0.15, 0.2) is 10.4 Å². The summed E-state index contributed by atoms with van der Waals surface area (Å²) in [4.78, 5) is 32.1. The molecule has 4 heterocycles. The molecule has 2 aromatic heterocycles. The van der Waals surface area contributed by atoms with Crippen LogP contribution in [0.4, 0.5) is 22.2 Å². The van der Waals surface area contributed by atoms with Gasteiger partial charge in [0.25, 0.3) is 5.91 Å². The van der Waals surface area contributed by atoms with E-state index in [1.807, 2.05) is 25.1 Å². The average Bonchev–Trinajstić information content (AvgIpc) is 3.65. The van der Waals surface area contributed by atoms with Crippen LogP contribution in [0.2, 0.25) is 0 Å². The molecule has 186 valence electrons. The molecule has 10 heteroatoms. The van der Waals surface area contributed by atoms with Gasteiger partial charge in [-0.3, -0.25) is 10.1 Å². The summed E-state index contributed by atoms with van der Waals surface area (Å²) < 4.78 is 5.81. The topological polar surface area (TPSA) is 112 Å². The fraction of sp³-hybridized carbons (Fsp3) is 0.222. The van der Waals surface area contributed by atoms with E-state index in [2.05, 4.69) is 67.1 Å². The molecular weight excluding hydrogens is 488 g/mol. The van der Waals surface area contributed by atoms with Gasteiger partial charge < -0.3 is 14.6 Å². The minimum Gasteiger partial charge on any atom is -0.420 e. The van der Waals surface area contributed by atoms with Crippen molar-refractivity contribution in [3.63, 3.8) is 0 Å². The first-order chi connectivity index (χ1) is 18.1. The SMILES string of the molecule is CCC/C(=C1\NC(=O)NC1=O)c1cc2oc(N=Nc3ccc4c(c3)CCN4Cc3ccccc3)nc2s1. The average molecular weight is 513 g/mol. The molecule has 0 bridgehead atoms. The molecule has 2 aromatic carbocycles. The second kappa shape index (κ2) is 9.62. The van der Waals surface area contributed by atoms with Crippen molar-refractivity contribution in [3.05, 3.63) is 76.3 Å². The molecule has 4 aromatic rings. The number of fused-ring (bicyclic) bond motifs is 2. The zero-order chi connectivity index (χ0) is 25.4. The summed E-state index contributed by atoms with van der Waals surface area (Å²) in [6.45, 7) is 3.88. The zero-order valence-corrected chi connectivity index (χ0v) is 21.0. The number of rotatable bonds is 7. The quantitative estimate of drug-likeness (QED) is 0.173. The Bertz CT molecular complexity index is 1540. The van der Waals surface area contributed by atoms with Crippen molar-refractivity contribution in [2.75, 3.05) is 11.4 Å². The highest BCUT2D eigenvalue weighted by Crippen LogP contribution is 2.37. The molecule has 2 aliphatic rings. The van der Waals surface area contributed by atoms with Crippen molar-refractivity contribution < 1.29 is 14.0 Å². The van der Waals surface area contributed by atoms with Gasteiger partial charge in [0.2, 0.25) is 0 Å². The smallest absolute Gasteiger partial charge is 0.342 e. The highest BCUT2D eigenvalue weighted by atomic mass is 32.1. The largest absolute Gasteiger partial charge is 0.420 e. The Morgan fingerprint density at radius 2 is 1.97 bits per heavy atom. The molecule has 0 radical (unpaired) electrons. The number of aromatic nitrogens is 1. The van der Waals surface area contributed by atoms with Crippen LogP contribution in [-0.2, 0) is 17.8 Å². The molecule has 2 N–H and O–H groups in total. The lowest BCUT2D eigenvalue weighted by Gasteiger charge is -2.19. The van der Waals surface area contributed by atoms with Crippen LogP contribution in [0.5, 0.6) is 0 Å². The lowest BCUT2D eigenvalue weighted by molar-refractivity contribution is -0.115. The maximum absolute atomic E-state index is 12.2. The van der Waals surface area contributed by atoms with E-state index in [4.69, 9.17) is 4.42 Å². The summed E-state index contributed by atoms with van der Waals surface area (Å²) in [5, 5.41) is 13.4. The maximum Gasteiger partial charge on any atom is 0.342 e. The van der Waals surface area contributed by atoms with Crippen molar-refractivity contribution in [1.82, 2.24) is 15.6 Å². The van der Waals surface area contributed by atoms with Gasteiger partial charge in [-0.2, -0.15) is 4.98 Å². The number of allylic oxidation sites excluding steroid dienone is 1. The second-order valence-corrected chi connectivity index (χ2v) is 9.99. The summed E-state index contributed by atoms with van der Waals surface area (Å²) in [5.74, 6) is -0.418. The Kier molecular flexibility index (Phi) is 6.01. The van der Waals surface area contributed by atoms with Crippen molar-refractivity contribution in [1.29, 1.82) is 0 Å². The number of imide groups is 1. The summed E-state index contributed by atoms with van der Waals surface area (Å²) >= 11 is 1.39. The first-order valence-electron chi connectivity index (χ1n) is 12.2. The summed E-state index contributed by atoms with van der Waals surface area (Å²) in [6, 6.07) is 18.1. The van der Waals surface area contributed by atoms with Gasteiger partial charge in [0, 0.05) is 29.7 Å². The Balaban J connectivity index is 1.19. The highest BCUT2D eigenvalue weighted by molar-refractivity contribution is 7.19. The van der Waals surface area contributed by atoms with E-state index in [9.17, 15) is 9.59 Å². The van der Waals surface area contributed by atoms with Crippen LogP contribution in [0.3, 0.4) is 0 Å². The number of carbonyl (C=O) groups excluding carboxylic acids is 2. The molecule has 1 fully saturated rings. The van der Waals surface area contributed by atoms with Crippen LogP contribution in [0.1, 0.15) is 35.8 Å². The van der Waals surface area contributed by atoms with Gasteiger partial charge in [-0.1, -0.05) is 48.8 Å². The molecule has 0 unspecified atom stereocenters. The first kappa shape index (κ1) is 23.1. The van der Waals surface area contributed by atoms with Gasteiger partial charge in [0.05, 0.1) is 5.69 Å². The number of amides is 3. The van der Waals surface area contributed by atoms with Crippen molar-refractivity contribution in [3.8, 4) is 0 Å². The standard InChI is InChI=1S/C27H24N6O3S/c1-2-6-19(23-24(34)29-26(35)28-23)22-14-21-25(37-22)30-27(36-21)32-31-18-9-10-20-17(13-18)11-12-33(20)15-16-7-4-3-5-8-16/h3-5,7-10,13-14H,2,6,11-12,15H2,1H3,(H2,28,29,34,35)/b23-19+,32-31?. The van der Waals surface area contributed by atoms with Crippen molar-refractivity contribution in [2.24, 2.45) is 10.2 Å². The van der Waals surface area contributed by atoms with Crippen molar-refractivity contribution in [2.45, 2.75) is 32.7 Å². The van der Waals surface area contributed by atoms with E-state index in [0.29, 0.717) is 16.8 Å². The normalized spacial score (nSPS) is 16.5. The van der Waals surface area contributed by atoms with Gasteiger partial charge in [-0.05, 0) is 47.7 Å². The number of hydrogen-bond acceptors (Lipinski definition) is 8. The van der Waals surface area contributed by atoms with Gasteiger partial charge >= 0.3 is 12.0 Å². The van der Waals surface area contributed by atoms with E-state index >= 15 is 0 Å². The Labute approximate surface area is 216 Å². The monoisotopic (exact) mass is 512 g/mol. The van der Waals surface area contributed by atoms with Crippen LogP contribution < -0.4 is 15.5 Å². The van der Waals surface area contributed by atoms with E-state index in [0.717, 1.165) is 42.1 Å². The van der Waals surface area contributed by atoms with Gasteiger partial charge in [-0.25, -0.2) is 4.79 Å². The number of thiophene rings is 1. The third-order valence-electron chi connectivity index (χ3n) is 6.39. The first-order valence-corrected chi connectivity index (χ1v) is 13.0. The number of hydrogen-bond donors (Lipinski definition) is 2. The number of benzene rings is 2. The summed E-state index contributed by atoms with van der Waals surface area (Å²) in [7, 11) is 0. The summed E-state index contributed by atoms with van der Waals surface area (Å²) in [5.41, 5.74) is 6.15. The van der Waals surface area contributed by atoms with Crippen LogP contribution in [0.25, 0.3) is 16.0 Å². The molecule has 0 spiro atoms. The lowest BCUT2D eigenvalue weighted by Crippen LogP contribution is -2.22. The number of nitrogens with zero attached hydrogens (tertiary/aromatic N) is 4. The molecule has 0 aliphatic carbocycles. The number of urea groups is 1. The van der Waals surface area contributed by atoms with Crippen LogP contribution in [0.15, 0.2) is 74.9 Å². The Morgan fingerprint density at radius 3 is 2.73 bits per heavy atom. The molecule has 0 saturated carbocycles. The molecule has 3 amide bonds. The Hall–Kier alpha value is -4.31. The molecular formula is C27H24N6O3S. The van der Waals surface area contributed by atoms with Crippen LogP contribution >= 0.6 is 11.3 Å². The lowest BCUT2D eigenvalue weighted by atomic mass is 10.1. The summed E-state index contributed by atoms with van der Waals surface area (Å²) in [6.07, 6.45) is 2.43. The highest BCUT2D eigenvalue weighted by Gasteiger charge is 2.28. The number of anilines is 1. The van der Waals surface area contributed by atoms with Crippen LogP contribution in [-0.4, -0.2) is 23.5 Å². The molecule has 2 aliphatic heterocycles. The molecule has 6 rings (SSSR count). The molecule has 1 saturated heterocycles. The molecule has 0 atom stereocenters. The van der Waals surface area contributed by atoms with Crippen molar-refractivity contribution >= 4 is 56.7 Å². The van der Waals surface area contributed by atoms with Crippen LogP contribution in [0, 0.1) is 0 Å². The number of nitrogens with one attached hydrogen (secondary N) is 2. The van der Waals surface area contributed by atoms with E-state index < -0.39 is 11.9 Å². The van der Waals surface area contributed by atoms with E-state index in [1.165, 1.54) is 28.2 Å². The number of carbonyl (C=O) groups is 2. The third kappa shape index (κ3) is 4.63. The van der Waals surface area contributed by atoms with Gasteiger partial charge in [-0.15, -0.1) is 16.5 Å². The predicted octanol–water partition coefficient (Wildman–Crippen LogP) is 6.22. The fourth-order valence-corrected chi connectivity index (χ4v) is 5.73. The third-order valence-corrected chi connectivity index (χ3v) is 7.46.